The van der Waals surface area contributed by atoms with Crippen molar-refractivity contribution in [2.75, 3.05) is 24.9 Å². The van der Waals surface area contributed by atoms with Crippen molar-refractivity contribution in [3.63, 3.8) is 0 Å². The molecule has 0 saturated heterocycles. The van der Waals surface area contributed by atoms with Crippen LogP contribution >= 0.6 is 0 Å². The van der Waals surface area contributed by atoms with Crippen LogP contribution in [0.5, 0.6) is 5.75 Å². The zero-order valence-electron chi connectivity index (χ0n) is 16.8. The first-order chi connectivity index (χ1) is 13.6. The van der Waals surface area contributed by atoms with E-state index in [0.29, 0.717) is 24.2 Å². The van der Waals surface area contributed by atoms with E-state index in [2.05, 4.69) is 4.72 Å². The SMILES string of the molecule is CCN(CC)S(=O)(=O)c1ccc(C)c(NS(=O)(=O)c2cc(CO)cc(OC)c2)c1. The molecule has 160 valence electrons. The van der Waals surface area contributed by atoms with Gasteiger partial charge in [0.15, 0.2) is 0 Å². The van der Waals surface area contributed by atoms with Gasteiger partial charge < -0.3 is 9.84 Å². The van der Waals surface area contributed by atoms with Crippen LogP contribution in [0, 0.1) is 6.92 Å². The number of nitrogens with zero attached hydrogens (tertiary/aromatic N) is 1. The highest BCUT2D eigenvalue weighted by Gasteiger charge is 2.24. The Hall–Kier alpha value is -2.14. The number of sulfonamides is 2. The number of benzene rings is 2. The summed E-state index contributed by atoms with van der Waals surface area (Å²) in [5.41, 5.74) is 1.10. The van der Waals surface area contributed by atoms with Crippen molar-refractivity contribution in [3.05, 3.63) is 47.5 Å². The second-order valence-electron chi connectivity index (χ2n) is 6.35. The van der Waals surface area contributed by atoms with E-state index in [9.17, 15) is 21.9 Å². The summed E-state index contributed by atoms with van der Waals surface area (Å²) in [6, 6.07) is 8.51. The van der Waals surface area contributed by atoms with Gasteiger partial charge in [-0.15, -0.1) is 0 Å². The third-order valence-electron chi connectivity index (χ3n) is 4.46. The molecule has 0 amide bonds. The molecular weight excluding hydrogens is 416 g/mol. The standard InChI is InChI=1S/C19H26N2O6S2/c1-5-21(6-2)29(25,26)17-8-7-14(3)19(12-17)20-28(23,24)18-10-15(13-22)9-16(11-18)27-4/h7-12,20,22H,5-6,13H2,1-4H3. The molecule has 0 aliphatic heterocycles. The van der Waals surface area contributed by atoms with Crippen LogP contribution in [0.2, 0.25) is 0 Å². The van der Waals surface area contributed by atoms with Gasteiger partial charge in [0.1, 0.15) is 5.75 Å². The number of anilines is 1. The van der Waals surface area contributed by atoms with Crippen molar-refractivity contribution < 1.29 is 26.7 Å². The van der Waals surface area contributed by atoms with E-state index in [-0.39, 0.29) is 27.8 Å². The highest BCUT2D eigenvalue weighted by atomic mass is 32.2. The first-order valence-electron chi connectivity index (χ1n) is 9.01. The van der Waals surface area contributed by atoms with E-state index in [4.69, 9.17) is 4.74 Å². The molecular formula is C19H26N2O6S2. The van der Waals surface area contributed by atoms with Crippen LogP contribution in [0.3, 0.4) is 0 Å². The third-order valence-corrected chi connectivity index (χ3v) is 7.86. The van der Waals surface area contributed by atoms with E-state index < -0.39 is 20.0 Å². The molecule has 0 bridgehead atoms. The summed E-state index contributed by atoms with van der Waals surface area (Å²) in [7, 11) is -6.39. The average Bonchev–Trinajstić information content (AvgIpc) is 2.69. The van der Waals surface area contributed by atoms with Crippen LogP contribution in [-0.2, 0) is 26.7 Å². The van der Waals surface area contributed by atoms with Crippen molar-refractivity contribution in [2.24, 2.45) is 0 Å². The summed E-state index contributed by atoms with van der Waals surface area (Å²) in [4.78, 5) is -0.0940. The molecule has 10 heteroatoms. The lowest BCUT2D eigenvalue weighted by Gasteiger charge is -2.19. The van der Waals surface area contributed by atoms with Crippen LogP contribution in [0.25, 0.3) is 0 Å². The van der Waals surface area contributed by atoms with Crippen LogP contribution in [0.1, 0.15) is 25.0 Å². The molecule has 8 nitrogen and oxygen atoms in total. The summed E-state index contributed by atoms with van der Waals surface area (Å²) in [6.45, 7) is 5.41. The molecule has 0 heterocycles. The van der Waals surface area contributed by atoms with Gasteiger partial charge in [-0.25, -0.2) is 16.8 Å². The lowest BCUT2D eigenvalue weighted by atomic mass is 10.2. The van der Waals surface area contributed by atoms with Gasteiger partial charge in [-0.3, -0.25) is 4.72 Å². The quantitative estimate of drug-likeness (QED) is 0.616. The minimum Gasteiger partial charge on any atom is -0.497 e. The maximum Gasteiger partial charge on any atom is 0.262 e. The third kappa shape index (κ3) is 5.08. The second-order valence-corrected chi connectivity index (χ2v) is 9.97. The molecule has 2 rings (SSSR count). The van der Waals surface area contributed by atoms with Crippen LogP contribution in [0.4, 0.5) is 5.69 Å². The van der Waals surface area contributed by atoms with Gasteiger partial charge in [0.2, 0.25) is 10.0 Å². The molecule has 2 N–H and O–H groups in total. The van der Waals surface area contributed by atoms with Crippen molar-refractivity contribution in [2.45, 2.75) is 37.2 Å². The topological polar surface area (TPSA) is 113 Å². The van der Waals surface area contributed by atoms with Gasteiger partial charge in [0.25, 0.3) is 10.0 Å². The molecule has 29 heavy (non-hydrogen) atoms. The first kappa shape index (κ1) is 23.1. The lowest BCUT2D eigenvalue weighted by molar-refractivity contribution is 0.280. The number of aryl methyl sites for hydroxylation is 1. The van der Waals surface area contributed by atoms with Crippen molar-refractivity contribution in [1.82, 2.24) is 4.31 Å². The summed E-state index contributed by atoms with van der Waals surface area (Å²) in [6.07, 6.45) is 0. The molecule has 0 atom stereocenters. The number of ether oxygens (including phenoxy) is 1. The Morgan fingerprint density at radius 1 is 1.00 bits per heavy atom. The average molecular weight is 443 g/mol. The maximum atomic E-state index is 12.9. The van der Waals surface area contributed by atoms with E-state index >= 15 is 0 Å². The van der Waals surface area contributed by atoms with Gasteiger partial charge in [-0.05, 0) is 42.3 Å². The fourth-order valence-electron chi connectivity index (χ4n) is 2.78. The van der Waals surface area contributed by atoms with Crippen LogP contribution in [-0.4, -0.2) is 46.4 Å². The molecule has 0 unspecified atom stereocenters. The summed E-state index contributed by atoms with van der Waals surface area (Å²) in [5.74, 6) is 0.284. The summed E-state index contributed by atoms with van der Waals surface area (Å²) in [5, 5.41) is 9.36. The lowest BCUT2D eigenvalue weighted by Crippen LogP contribution is -2.30. The van der Waals surface area contributed by atoms with Gasteiger partial charge in [0, 0.05) is 19.2 Å². The van der Waals surface area contributed by atoms with Crippen molar-refractivity contribution in [3.8, 4) is 5.75 Å². The van der Waals surface area contributed by atoms with Gasteiger partial charge >= 0.3 is 0 Å². The van der Waals surface area contributed by atoms with E-state index in [0.717, 1.165) is 0 Å². The Balaban J connectivity index is 2.49. The molecule has 0 saturated carbocycles. The first-order valence-corrected chi connectivity index (χ1v) is 11.9. The minimum absolute atomic E-state index is 0.00573. The predicted molar refractivity (Wildman–Crippen MR) is 111 cm³/mol. The molecule has 0 spiro atoms. The Morgan fingerprint density at radius 3 is 2.21 bits per heavy atom. The van der Waals surface area contributed by atoms with Gasteiger partial charge in [-0.1, -0.05) is 19.9 Å². The monoisotopic (exact) mass is 442 g/mol. The number of methoxy groups -OCH3 is 1. The number of rotatable bonds is 9. The van der Waals surface area contributed by atoms with E-state index in [1.54, 1.807) is 26.8 Å². The minimum atomic E-state index is -4.04. The Morgan fingerprint density at radius 2 is 1.66 bits per heavy atom. The van der Waals surface area contributed by atoms with Crippen molar-refractivity contribution in [1.29, 1.82) is 0 Å². The maximum absolute atomic E-state index is 12.9. The Bertz CT molecular complexity index is 1060. The summed E-state index contributed by atoms with van der Waals surface area (Å²) < 4.78 is 60.1. The molecule has 0 aliphatic rings. The smallest absolute Gasteiger partial charge is 0.262 e. The van der Waals surface area contributed by atoms with Crippen LogP contribution < -0.4 is 9.46 Å². The van der Waals surface area contributed by atoms with Gasteiger partial charge in [0.05, 0.1) is 29.2 Å². The predicted octanol–water partition coefficient (Wildman–Crippen LogP) is 2.33. The largest absolute Gasteiger partial charge is 0.497 e. The molecule has 2 aromatic carbocycles. The molecule has 0 radical (unpaired) electrons. The fourth-order valence-corrected chi connectivity index (χ4v) is 5.47. The highest BCUT2D eigenvalue weighted by molar-refractivity contribution is 7.92. The Kier molecular flexibility index (Phi) is 7.28. The molecule has 2 aromatic rings. The Labute approximate surface area is 172 Å². The second kappa shape index (κ2) is 9.12. The molecule has 0 fully saturated rings. The normalized spacial score (nSPS) is 12.2. The number of aliphatic hydroxyl groups excluding tert-OH is 1. The fraction of sp³-hybridized carbons (Fsp3) is 0.368. The van der Waals surface area contributed by atoms with E-state index in [1.807, 2.05) is 0 Å². The van der Waals surface area contributed by atoms with Crippen LogP contribution in [0.15, 0.2) is 46.2 Å². The number of hydrogen-bond donors (Lipinski definition) is 2. The zero-order chi connectivity index (χ0) is 21.8. The zero-order valence-corrected chi connectivity index (χ0v) is 18.5. The number of hydrogen-bond acceptors (Lipinski definition) is 6. The summed E-state index contributed by atoms with van der Waals surface area (Å²) >= 11 is 0. The number of nitrogens with one attached hydrogen (secondary N) is 1. The highest BCUT2D eigenvalue weighted by Crippen LogP contribution is 2.27. The van der Waals surface area contributed by atoms with Crippen molar-refractivity contribution >= 4 is 25.7 Å². The molecule has 0 aromatic heterocycles. The molecule has 0 aliphatic carbocycles. The van der Waals surface area contributed by atoms with E-state index in [1.165, 1.54) is 41.7 Å². The number of aliphatic hydroxyl groups is 1. The van der Waals surface area contributed by atoms with Gasteiger partial charge in [-0.2, -0.15) is 4.31 Å².